The van der Waals surface area contributed by atoms with E-state index in [9.17, 15) is 18.0 Å². The monoisotopic (exact) mass is 452 g/mol. The minimum Gasteiger partial charge on any atom is -0.324 e. The van der Waals surface area contributed by atoms with Gasteiger partial charge in [0.25, 0.3) is 10.0 Å². The smallest absolute Gasteiger partial charge is 0.304 e. The number of amides is 1. The minimum atomic E-state index is -3.77. The van der Waals surface area contributed by atoms with Gasteiger partial charge in [0, 0.05) is 23.9 Å². The number of carbonyl (C=O) groups excluding carboxylic acids is 1. The molecule has 29 heavy (non-hydrogen) atoms. The van der Waals surface area contributed by atoms with E-state index in [4.69, 9.17) is 0 Å². The number of sulfonamides is 1. The lowest BCUT2D eigenvalue weighted by atomic mass is 10.1. The van der Waals surface area contributed by atoms with Crippen molar-refractivity contribution < 1.29 is 13.2 Å². The van der Waals surface area contributed by atoms with Gasteiger partial charge >= 0.3 is 4.87 Å². The van der Waals surface area contributed by atoms with Crippen LogP contribution in [-0.4, -0.2) is 44.8 Å². The number of H-pyrrole nitrogens is 1. The number of hydrogen-bond donors (Lipinski definition) is 3. The summed E-state index contributed by atoms with van der Waals surface area (Å²) in [6.45, 7) is 0.555. The molecular formula is C18H20N4O4S3. The van der Waals surface area contributed by atoms with Crippen LogP contribution in [0.4, 0.5) is 11.4 Å². The molecule has 0 atom stereocenters. The van der Waals surface area contributed by atoms with Crippen molar-refractivity contribution >= 4 is 50.0 Å². The first kappa shape index (κ1) is 21.2. The number of nitrogens with zero attached hydrogens (tertiary/aromatic N) is 1. The molecule has 3 N–H and O–H groups in total. The Balaban J connectivity index is 1.93. The van der Waals surface area contributed by atoms with Crippen molar-refractivity contribution in [2.24, 2.45) is 0 Å². The Morgan fingerprint density at radius 1 is 1.17 bits per heavy atom. The van der Waals surface area contributed by atoms with Crippen LogP contribution in [0.2, 0.25) is 0 Å². The highest BCUT2D eigenvalue weighted by molar-refractivity contribution is 7.94. The number of anilines is 2. The van der Waals surface area contributed by atoms with E-state index < -0.39 is 10.0 Å². The summed E-state index contributed by atoms with van der Waals surface area (Å²) in [5, 5.41) is 6.12. The van der Waals surface area contributed by atoms with Gasteiger partial charge in [-0.2, -0.15) is 0 Å². The number of nitrogens with one attached hydrogen (secondary N) is 3. The maximum atomic E-state index is 12.6. The zero-order valence-electron chi connectivity index (χ0n) is 15.8. The van der Waals surface area contributed by atoms with Crippen LogP contribution >= 0.6 is 22.7 Å². The standard InChI is InChI=1S/C18H20N4O4S3/c1-22(2)8-7-16(23)19-14-10-12(15-11-28-18(24)20-15)5-6-13(14)21-29(25,26)17-4-3-9-27-17/h3-6,9-11,21H,7-8H2,1-2H3,(H,19,23)(H,20,24). The Morgan fingerprint density at radius 3 is 2.59 bits per heavy atom. The van der Waals surface area contributed by atoms with Crippen LogP contribution in [0.1, 0.15) is 6.42 Å². The normalized spacial score (nSPS) is 11.6. The SMILES string of the molecule is CN(C)CCC(=O)Nc1cc(-c2csc(=O)[nH]2)ccc1NS(=O)(=O)c1cccs1. The molecule has 2 aromatic heterocycles. The zero-order valence-corrected chi connectivity index (χ0v) is 18.2. The molecule has 8 nitrogen and oxygen atoms in total. The van der Waals surface area contributed by atoms with Gasteiger partial charge in [0.05, 0.1) is 17.1 Å². The van der Waals surface area contributed by atoms with E-state index in [0.29, 0.717) is 23.5 Å². The highest BCUT2D eigenvalue weighted by Gasteiger charge is 2.19. The van der Waals surface area contributed by atoms with Gasteiger partial charge in [-0.25, -0.2) is 8.42 Å². The third-order valence-corrected chi connectivity index (χ3v) is 7.35. The van der Waals surface area contributed by atoms with Gasteiger partial charge < -0.3 is 15.2 Å². The van der Waals surface area contributed by atoms with Crippen LogP contribution in [0.5, 0.6) is 0 Å². The topological polar surface area (TPSA) is 111 Å². The fourth-order valence-electron chi connectivity index (χ4n) is 2.48. The predicted octanol–water partition coefficient (Wildman–Crippen LogP) is 2.86. The summed E-state index contributed by atoms with van der Waals surface area (Å²) in [6.07, 6.45) is 0.254. The second-order valence-corrected chi connectivity index (χ2v) is 10.2. The van der Waals surface area contributed by atoms with Gasteiger partial charge in [0.2, 0.25) is 5.91 Å². The van der Waals surface area contributed by atoms with Crippen molar-refractivity contribution in [2.75, 3.05) is 30.7 Å². The molecule has 2 heterocycles. The van der Waals surface area contributed by atoms with Crippen molar-refractivity contribution in [3.8, 4) is 11.3 Å². The van der Waals surface area contributed by atoms with Crippen molar-refractivity contribution in [3.05, 3.63) is 50.8 Å². The van der Waals surface area contributed by atoms with E-state index >= 15 is 0 Å². The predicted molar refractivity (Wildman–Crippen MR) is 117 cm³/mol. The Labute approximate surface area is 176 Å². The fraction of sp³-hybridized carbons (Fsp3) is 0.222. The summed E-state index contributed by atoms with van der Waals surface area (Å²) in [6, 6.07) is 8.04. The molecular weight excluding hydrogens is 432 g/mol. The molecule has 0 fully saturated rings. The van der Waals surface area contributed by atoms with E-state index in [1.54, 1.807) is 35.0 Å². The molecule has 0 aliphatic rings. The van der Waals surface area contributed by atoms with Crippen LogP contribution < -0.4 is 14.9 Å². The van der Waals surface area contributed by atoms with Gasteiger partial charge in [-0.15, -0.1) is 11.3 Å². The Hall–Kier alpha value is -2.47. The quantitative estimate of drug-likeness (QED) is 0.487. The van der Waals surface area contributed by atoms with Gasteiger partial charge in [-0.1, -0.05) is 23.5 Å². The third-order valence-electron chi connectivity index (χ3n) is 3.92. The Kier molecular flexibility index (Phi) is 6.52. The second kappa shape index (κ2) is 8.91. The first-order chi connectivity index (χ1) is 13.7. The molecule has 0 saturated carbocycles. The van der Waals surface area contributed by atoms with E-state index in [2.05, 4.69) is 15.0 Å². The van der Waals surface area contributed by atoms with Gasteiger partial charge in [-0.05, 0) is 37.7 Å². The van der Waals surface area contributed by atoms with Crippen LogP contribution in [0.3, 0.4) is 0 Å². The average molecular weight is 453 g/mol. The summed E-state index contributed by atoms with van der Waals surface area (Å²) in [4.78, 5) is 28.2. The average Bonchev–Trinajstić information content (AvgIpc) is 3.33. The molecule has 0 radical (unpaired) electrons. The van der Waals surface area contributed by atoms with E-state index in [1.165, 1.54) is 6.07 Å². The number of thiazole rings is 1. The summed E-state index contributed by atoms with van der Waals surface area (Å²) in [5.41, 5.74) is 1.82. The minimum absolute atomic E-state index is 0.175. The summed E-state index contributed by atoms with van der Waals surface area (Å²) >= 11 is 2.13. The molecule has 0 unspecified atom stereocenters. The molecule has 0 bridgehead atoms. The van der Waals surface area contributed by atoms with Crippen molar-refractivity contribution in [3.63, 3.8) is 0 Å². The van der Waals surface area contributed by atoms with Crippen molar-refractivity contribution in [2.45, 2.75) is 10.6 Å². The lowest BCUT2D eigenvalue weighted by Crippen LogP contribution is -2.21. The lowest BCUT2D eigenvalue weighted by Gasteiger charge is -2.15. The molecule has 3 aromatic rings. The number of aromatic amines is 1. The molecule has 0 aliphatic carbocycles. The first-order valence-corrected chi connectivity index (χ1v) is 11.8. The molecule has 11 heteroatoms. The Bertz CT molecular complexity index is 1150. The number of carbonyl (C=O) groups is 1. The molecule has 0 aliphatic heterocycles. The largest absolute Gasteiger partial charge is 0.324 e. The molecule has 1 amide bonds. The highest BCUT2D eigenvalue weighted by Crippen LogP contribution is 2.31. The van der Waals surface area contributed by atoms with Crippen LogP contribution in [-0.2, 0) is 14.8 Å². The van der Waals surface area contributed by atoms with Crippen LogP contribution in [0.25, 0.3) is 11.3 Å². The highest BCUT2D eigenvalue weighted by atomic mass is 32.2. The fourth-order valence-corrected chi connectivity index (χ4v) is 5.14. The summed E-state index contributed by atoms with van der Waals surface area (Å²) in [7, 11) is -0.0491. The van der Waals surface area contributed by atoms with E-state index in [0.717, 1.165) is 22.7 Å². The van der Waals surface area contributed by atoms with E-state index in [1.807, 2.05) is 19.0 Å². The van der Waals surface area contributed by atoms with Gasteiger partial charge in [0.1, 0.15) is 4.21 Å². The Morgan fingerprint density at radius 2 is 1.97 bits per heavy atom. The first-order valence-electron chi connectivity index (χ1n) is 8.58. The number of hydrogen-bond acceptors (Lipinski definition) is 7. The number of aromatic nitrogens is 1. The molecule has 0 spiro atoms. The molecule has 0 saturated heterocycles. The molecule has 154 valence electrons. The van der Waals surface area contributed by atoms with Crippen LogP contribution in [0.15, 0.2) is 50.1 Å². The maximum Gasteiger partial charge on any atom is 0.304 e. The summed E-state index contributed by atoms with van der Waals surface area (Å²) < 4.78 is 27.9. The molecule has 3 rings (SSSR count). The molecule has 1 aromatic carbocycles. The maximum absolute atomic E-state index is 12.6. The number of benzene rings is 1. The third kappa shape index (κ3) is 5.54. The number of thiophene rings is 1. The van der Waals surface area contributed by atoms with E-state index in [-0.39, 0.29) is 27.1 Å². The lowest BCUT2D eigenvalue weighted by molar-refractivity contribution is -0.116. The van der Waals surface area contributed by atoms with Gasteiger partial charge in [-0.3, -0.25) is 14.3 Å². The van der Waals surface area contributed by atoms with Crippen LogP contribution in [0, 0.1) is 0 Å². The van der Waals surface area contributed by atoms with Crippen molar-refractivity contribution in [1.29, 1.82) is 0 Å². The van der Waals surface area contributed by atoms with Crippen molar-refractivity contribution in [1.82, 2.24) is 9.88 Å². The van der Waals surface area contributed by atoms with Gasteiger partial charge in [0.15, 0.2) is 0 Å². The zero-order chi connectivity index (χ0) is 21.0. The second-order valence-electron chi connectivity index (χ2n) is 6.46. The summed E-state index contributed by atoms with van der Waals surface area (Å²) in [5.74, 6) is -0.244. The number of rotatable bonds is 8.